The van der Waals surface area contributed by atoms with Crippen LogP contribution in [0.15, 0.2) is 12.0 Å². The van der Waals surface area contributed by atoms with Crippen LogP contribution in [0.3, 0.4) is 0 Å². The summed E-state index contributed by atoms with van der Waals surface area (Å²) in [6, 6.07) is -0.651. The van der Waals surface area contributed by atoms with Crippen LogP contribution in [0.25, 0.3) is 0 Å². The van der Waals surface area contributed by atoms with Gasteiger partial charge in [0.05, 0.1) is 0 Å². The lowest BCUT2D eigenvalue weighted by Crippen LogP contribution is -2.60. The van der Waals surface area contributed by atoms with E-state index in [1.54, 1.807) is 6.92 Å². The van der Waals surface area contributed by atoms with Crippen molar-refractivity contribution in [2.45, 2.75) is 19.4 Å². The van der Waals surface area contributed by atoms with E-state index >= 15 is 0 Å². The van der Waals surface area contributed by atoms with Crippen LogP contribution in [-0.4, -0.2) is 48.4 Å². The molecule has 1 fully saturated rings. The van der Waals surface area contributed by atoms with Crippen molar-refractivity contribution in [2.24, 2.45) is 0 Å². The fourth-order valence-electron chi connectivity index (χ4n) is 1.91. The van der Waals surface area contributed by atoms with Gasteiger partial charge in [0.1, 0.15) is 32.1 Å². The third kappa shape index (κ3) is 2.29. The molecule has 7 nitrogen and oxygen atoms in total. The van der Waals surface area contributed by atoms with Crippen molar-refractivity contribution in [1.82, 2.24) is 10.2 Å². The molecule has 3 amide bonds. The van der Waals surface area contributed by atoms with Crippen LogP contribution in [0.4, 0.5) is 0 Å². The first-order chi connectivity index (χ1) is 8.63. The minimum atomic E-state index is -0.651. The lowest BCUT2D eigenvalue weighted by molar-refractivity contribution is -0.150. The van der Waals surface area contributed by atoms with E-state index < -0.39 is 23.8 Å². The monoisotopic (exact) mass is 254 g/mol. The van der Waals surface area contributed by atoms with E-state index in [-0.39, 0.29) is 18.9 Å². The van der Waals surface area contributed by atoms with Crippen LogP contribution in [0.2, 0.25) is 0 Å². The predicted octanol–water partition coefficient (Wildman–Crippen LogP) is -0.862. The van der Waals surface area contributed by atoms with Crippen LogP contribution in [0.5, 0.6) is 0 Å². The molecule has 0 aromatic carbocycles. The number of piperazine rings is 1. The zero-order valence-corrected chi connectivity index (χ0v) is 9.97. The Hall–Kier alpha value is -2.05. The van der Waals surface area contributed by atoms with Gasteiger partial charge in [-0.3, -0.25) is 19.7 Å². The van der Waals surface area contributed by atoms with Crippen LogP contribution < -0.4 is 5.32 Å². The number of imide groups is 1. The van der Waals surface area contributed by atoms with E-state index in [0.717, 1.165) is 0 Å². The van der Waals surface area contributed by atoms with Crippen molar-refractivity contribution >= 4 is 17.7 Å². The normalized spacial score (nSPS) is 23.7. The first-order valence-electron chi connectivity index (χ1n) is 5.72. The Morgan fingerprint density at radius 3 is 2.89 bits per heavy atom. The number of hydrogen-bond donors (Lipinski definition) is 1. The summed E-state index contributed by atoms with van der Waals surface area (Å²) in [6.07, 6.45) is 1.65. The molecule has 2 aliphatic heterocycles. The highest BCUT2D eigenvalue weighted by atomic mass is 16.6. The highest BCUT2D eigenvalue weighted by molar-refractivity contribution is 6.06. The summed E-state index contributed by atoms with van der Waals surface area (Å²) >= 11 is 0. The number of amides is 3. The average Bonchev–Trinajstić information content (AvgIpc) is 2.38. The van der Waals surface area contributed by atoms with Crippen molar-refractivity contribution in [3.8, 4) is 0 Å². The zero-order chi connectivity index (χ0) is 13.1. The molecular weight excluding hydrogens is 240 g/mol. The van der Waals surface area contributed by atoms with E-state index in [2.05, 4.69) is 5.32 Å². The molecule has 1 N–H and O–H groups in total. The van der Waals surface area contributed by atoms with E-state index in [9.17, 15) is 14.4 Å². The lowest BCUT2D eigenvalue weighted by Gasteiger charge is -2.33. The second-order valence-electron chi connectivity index (χ2n) is 3.97. The van der Waals surface area contributed by atoms with Gasteiger partial charge in [-0.25, -0.2) is 0 Å². The lowest BCUT2D eigenvalue weighted by atomic mass is 10.1. The number of hydrogen-bond acceptors (Lipinski definition) is 5. The zero-order valence-electron chi connectivity index (χ0n) is 9.97. The minimum Gasteiger partial charge on any atom is -0.494 e. The van der Waals surface area contributed by atoms with Gasteiger partial charge in [0, 0.05) is 0 Å². The molecule has 18 heavy (non-hydrogen) atoms. The number of nitrogens with one attached hydrogen (secondary N) is 1. The molecule has 0 aliphatic carbocycles. The number of carbonyl (C=O) groups is 3. The summed E-state index contributed by atoms with van der Waals surface area (Å²) in [7, 11) is 0. The molecule has 7 heteroatoms. The van der Waals surface area contributed by atoms with E-state index in [1.165, 1.54) is 11.2 Å². The number of carbonyl (C=O) groups excluding carboxylic acids is 3. The van der Waals surface area contributed by atoms with E-state index in [4.69, 9.17) is 9.47 Å². The molecule has 0 aromatic rings. The van der Waals surface area contributed by atoms with E-state index in [0.29, 0.717) is 13.0 Å². The van der Waals surface area contributed by atoms with Gasteiger partial charge in [0.15, 0.2) is 0 Å². The van der Waals surface area contributed by atoms with Crippen LogP contribution >= 0.6 is 0 Å². The largest absolute Gasteiger partial charge is 0.494 e. The van der Waals surface area contributed by atoms with Gasteiger partial charge in [-0.15, -0.1) is 0 Å². The minimum absolute atomic E-state index is 0.0298. The molecule has 1 unspecified atom stereocenters. The fraction of sp³-hybridized carbons (Fsp3) is 0.545. The third-order valence-corrected chi connectivity index (χ3v) is 2.76. The molecule has 2 aliphatic rings. The smallest absolute Gasteiger partial charge is 0.293 e. The van der Waals surface area contributed by atoms with Crippen molar-refractivity contribution in [1.29, 1.82) is 0 Å². The quantitative estimate of drug-likeness (QED) is 0.648. The van der Waals surface area contributed by atoms with Gasteiger partial charge < -0.3 is 14.4 Å². The Morgan fingerprint density at radius 2 is 2.28 bits per heavy atom. The first-order valence-corrected chi connectivity index (χ1v) is 5.72. The van der Waals surface area contributed by atoms with Crippen LogP contribution in [0, 0.1) is 0 Å². The van der Waals surface area contributed by atoms with Crippen molar-refractivity contribution < 1.29 is 23.9 Å². The number of rotatable bonds is 2. The summed E-state index contributed by atoms with van der Waals surface area (Å²) in [5, 5.41) is 2.20. The van der Waals surface area contributed by atoms with Crippen molar-refractivity contribution in [3.05, 3.63) is 12.0 Å². The second-order valence-corrected chi connectivity index (χ2v) is 3.97. The Balaban J connectivity index is 2.18. The van der Waals surface area contributed by atoms with Gasteiger partial charge >= 0.3 is 0 Å². The molecule has 0 radical (unpaired) electrons. The van der Waals surface area contributed by atoms with Crippen molar-refractivity contribution in [3.63, 3.8) is 0 Å². The summed E-state index contributed by atoms with van der Waals surface area (Å²) in [5.41, 5.74) is 0. The SMILES string of the molecule is CCC1C(=O)NC(=O)CN1C(=O)C1=COCCO1. The number of nitrogens with zero attached hydrogens (tertiary/aromatic N) is 1. The van der Waals surface area contributed by atoms with Crippen molar-refractivity contribution in [2.75, 3.05) is 19.8 Å². The van der Waals surface area contributed by atoms with Gasteiger partial charge in [0.25, 0.3) is 5.91 Å². The maximum Gasteiger partial charge on any atom is 0.293 e. The Kier molecular flexibility index (Phi) is 3.50. The summed E-state index contributed by atoms with van der Waals surface area (Å²) in [6.45, 7) is 2.28. The molecule has 2 rings (SSSR count). The maximum absolute atomic E-state index is 12.1. The van der Waals surface area contributed by atoms with Gasteiger partial charge in [-0.1, -0.05) is 6.92 Å². The standard InChI is InChI=1S/C11H14N2O5/c1-2-7-10(15)12-9(14)5-13(7)11(16)8-6-17-3-4-18-8/h6-7H,2-5H2,1H3,(H,12,14,15). The van der Waals surface area contributed by atoms with Crippen LogP contribution in [0.1, 0.15) is 13.3 Å². The summed E-state index contributed by atoms with van der Waals surface area (Å²) < 4.78 is 10.2. The Bertz CT molecular complexity index is 418. The molecule has 0 saturated carbocycles. The molecule has 2 heterocycles. The maximum atomic E-state index is 12.1. The molecular formula is C11H14N2O5. The highest BCUT2D eigenvalue weighted by Gasteiger charge is 2.37. The summed E-state index contributed by atoms with van der Waals surface area (Å²) in [5.74, 6) is -1.42. The molecule has 0 aromatic heterocycles. The third-order valence-electron chi connectivity index (χ3n) is 2.76. The second kappa shape index (κ2) is 5.07. The highest BCUT2D eigenvalue weighted by Crippen LogP contribution is 2.15. The molecule has 0 bridgehead atoms. The molecule has 98 valence electrons. The Morgan fingerprint density at radius 1 is 1.50 bits per heavy atom. The Labute approximate surface area is 104 Å². The van der Waals surface area contributed by atoms with Gasteiger partial charge in [-0.2, -0.15) is 0 Å². The molecule has 0 spiro atoms. The topological polar surface area (TPSA) is 84.9 Å². The number of ether oxygens (including phenoxy) is 2. The molecule has 1 saturated heterocycles. The van der Waals surface area contributed by atoms with Crippen LogP contribution in [-0.2, 0) is 23.9 Å². The van der Waals surface area contributed by atoms with Gasteiger partial charge in [-0.05, 0) is 6.42 Å². The summed E-state index contributed by atoms with van der Waals surface area (Å²) in [4.78, 5) is 36.3. The molecule has 1 atom stereocenters. The average molecular weight is 254 g/mol. The predicted molar refractivity (Wildman–Crippen MR) is 58.9 cm³/mol. The first kappa shape index (κ1) is 12.4. The van der Waals surface area contributed by atoms with E-state index in [1.807, 2.05) is 0 Å². The van der Waals surface area contributed by atoms with Gasteiger partial charge in [0.2, 0.25) is 17.6 Å². The fourth-order valence-corrected chi connectivity index (χ4v) is 1.91.